The van der Waals surface area contributed by atoms with Crippen LogP contribution in [0.3, 0.4) is 0 Å². The van der Waals surface area contributed by atoms with Crippen LogP contribution >= 0.6 is 0 Å². The summed E-state index contributed by atoms with van der Waals surface area (Å²) in [6, 6.07) is 14.2. The van der Waals surface area contributed by atoms with Gasteiger partial charge in [-0.3, -0.25) is 4.79 Å². The van der Waals surface area contributed by atoms with Crippen LogP contribution in [0.2, 0.25) is 0 Å². The molecule has 244 valence electrons. The SMILES string of the molecule is COc1ccc(Cn2nc(N[C@@H]3CCN(C(=O)O)C3)c3c(-c4ccc(CNC(=O)c5coc(C(C)(C)C)n5)c(F)c4)ccnc32)cc1. The fourth-order valence-corrected chi connectivity index (χ4v) is 5.55. The molecule has 5 aromatic rings. The van der Waals surface area contributed by atoms with Crippen LogP contribution in [0.4, 0.5) is 15.0 Å². The second-order valence-electron chi connectivity index (χ2n) is 12.5. The maximum atomic E-state index is 15.5. The van der Waals surface area contributed by atoms with E-state index >= 15 is 4.39 Å². The number of ether oxygens (including phenoxy) is 1. The van der Waals surface area contributed by atoms with Crippen molar-refractivity contribution in [2.45, 2.75) is 51.7 Å². The van der Waals surface area contributed by atoms with Crippen LogP contribution in [0.15, 0.2) is 65.4 Å². The van der Waals surface area contributed by atoms with Crippen molar-refractivity contribution in [3.05, 3.63) is 89.5 Å². The smallest absolute Gasteiger partial charge is 0.407 e. The first-order valence-corrected chi connectivity index (χ1v) is 15.3. The summed E-state index contributed by atoms with van der Waals surface area (Å²) in [5, 5.41) is 21.2. The van der Waals surface area contributed by atoms with Crippen molar-refractivity contribution >= 4 is 28.9 Å². The van der Waals surface area contributed by atoms with Gasteiger partial charge in [0.25, 0.3) is 5.91 Å². The standard InChI is InChI=1S/C34H36FN7O5/c1-34(2,3)32-39-27(19-47-32)31(43)37-16-22-8-7-21(15-26(22)35)25-11-13-36-30-28(25)29(38-23-12-14-41(18-23)33(44)45)40-42(30)17-20-5-9-24(46-4)10-6-20/h5-11,13,15,19,23H,12,14,16-18H2,1-4H3,(H,37,43)(H,38,40)(H,44,45)/t23-/m1/s1. The molecule has 1 aliphatic rings. The van der Waals surface area contributed by atoms with Crippen molar-refractivity contribution < 1.29 is 28.2 Å². The van der Waals surface area contributed by atoms with Crippen LogP contribution < -0.4 is 15.4 Å². The topological polar surface area (TPSA) is 148 Å². The normalized spacial score (nSPS) is 14.8. The lowest BCUT2D eigenvalue weighted by Gasteiger charge is -2.14. The Morgan fingerprint density at radius 2 is 1.94 bits per heavy atom. The number of carbonyl (C=O) groups is 2. The predicted octanol–water partition coefficient (Wildman–Crippen LogP) is 5.67. The molecule has 13 heteroatoms. The number of methoxy groups -OCH3 is 1. The lowest BCUT2D eigenvalue weighted by Crippen LogP contribution is -2.30. The first-order valence-electron chi connectivity index (χ1n) is 15.3. The molecule has 0 spiro atoms. The molecule has 1 saturated heterocycles. The van der Waals surface area contributed by atoms with E-state index in [1.807, 2.05) is 45.0 Å². The molecule has 0 saturated carbocycles. The zero-order valence-electron chi connectivity index (χ0n) is 26.6. The quantitative estimate of drug-likeness (QED) is 0.185. The predicted molar refractivity (Wildman–Crippen MR) is 173 cm³/mol. The van der Waals surface area contributed by atoms with Crippen LogP contribution in [-0.2, 0) is 18.5 Å². The van der Waals surface area contributed by atoms with Gasteiger partial charge in [0.2, 0.25) is 0 Å². The van der Waals surface area contributed by atoms with Crippen LogP contribution in [0.5, 0.6) is 5.75 Å². The first-order chi connectivity index (χ1) is 22.5. The van der Waals surface area contributed by atoms with Crippen LogP contribution in [-0.4, -0.2) is 68.0 Å². The molecule has 3 N–H and O–H groups in total. The van der Waals surface area contributed by atoms with E-state index in [9.17, 15) is 14.7 Å². The van der Waals surface area contributed by atoms with E-state index < -0.39 is 17.8 Å². The van der Waals surface area contributed by atoms with Gasteiger partial charge in [0.1, 0.15) is 17.8 Å². The number of benzene rings is 2. The van der Waals surface area contributed by atoms with E-state index in [-0.39, 0.29) is 23.7 Å². The zero-order chi connectivity index (χ0) is 33.3. The van der Waals surface area contributed by atoms with Crippen molar-refractivity contribution in [2.24, 2.45) is 0 Å². The van der Waals surface area contributed by atoms with Crippen molar-refractivity contribution in [1.82, 2.24) is 30.0 Å². The van der Waals surface area contributed by atoms with Gasteiger partial charge in [-0.05, 0) is 47.4 Å². The van der Waals surface area contributed by atoms with E-state index in [0.717, 1.165) is 11.3 Å². The number of nitrogens with one attached hydrogen (secondary N) is 2. The van der Waals surface area contributed by atoms with E-state index in [1.54, 1.807) is 36.2 Å². The number of nitrogens with zero attached hydrogens (tertiary/aromatic N) is 5. The van der Waals surface area contributed by atoms with Gasteiger partial charge in [-0.2, -0.15) is 5.10 Å². The minimum atomic E-state index is -0.964. The van der Waals surface area contributed by atoms with E-state index in [1.165, 1.54) is 17.2 Å². The number of oxazole rings is 1. The highest BCUT2D eigenvalue weighted by Gasteiger charge is 2.28. The molecule has 0 bridgehead atoms. The lowest BCUT2D eigenvalue weighted by atomic mass is 9.97. The third kappa shape index (κ3) is 6.74. The maximum absolute atomic E-state index is 15.5. The number of pyridine rings is 1. The van der Waals surface area contributed by atoms with Gasteiger partial charge in [0.15, 0.2) is 23.0 Å². The second kappa shape index (κ2) is 12.7. The number of carboxylic acid groups (broad SMARTS) is 1. The zero-order valence-corrected chi connectivity index (χ0v) is 26.6. The lowest BCUT2D eigenvalue weighted by molar-refractivity contribution is 0.0945. The molecule has 1 atom stereocenters. The van der Waals surface area contributed by atoms with E-state index in [2.05, 4.69) is 20.6 Å². The van der Waals surface area contributed by atoms with Gasteiger partial charge < -0.3 is 29.8 Å². The number of carbonyl (C=O) groups excluding carboxylic acids is 1. The molecule has 2 aromatic carbocycles. The summed E-state index contributed by atoms with van der Waals surface area (Å²) in [4.78, 5) is 34.5. The Morgan fingerprint density at radius 3 is 2.60 bits per heavy atom. The molecular weight excluding hydrogens is 605 g/mol. The highest BCUT2D eigenvalue weighted by Crippen LogP contribution is 2.35. The Morgan fingerprint density at radius 1 is 1.15 bits per heavy atom. The fraction of sp³-hybridized carbons (Fsp3) is 0.324. The molecular formula is C34H36FN7O5. The number of likely N-dealkylation sites (tertiary alicyclic amines) is 1. The monoisotopic (exact) mass is 641 g/mol. The summed E-state index contributed by atoms with van der Waals surface area (Å²) in [6.45, 7) is 6.91. The largest absolute Gasteiger partial charge is 0.497 e. The van der Waals surface area contributed by atoms with E-state index in [0.29, 0.717) is 65.5 Å². The van der Waals surface area contributed by atoms with E-state index in [4.69, 9.17) is 14.3 Å². The molecule has 12 nitrogen and oxygen atoms in total. The molecule has 3 aromatic heterocycles. The Kier molecular flexibility index (Phi) is 8.54. The Balaban J connectivity index is 1.29. The van der Waals surface area contributed by atoms with Crippen molar-refractivity contribution in [2.75, 3.05) is 25.5 Å². The highest BCUT2D eigenvalue weighted by molar-refractivity contribution is 6.01. The fourth-order valence-electron chi connectivity index (χ4n) is 5.55. The molecule has 6 rings (SSSR count). The van der Waals surface area contributed by atoms with Crippen LogP contribution in [0.25, 0.3) is 22.2 Å². The minimum absolute atomic E-state index is 0.0389. The number of rotatable bonds is 9. The molecule has 4 heterocycles. The molecule has 0 radical (unpaired) electrons. The van der Waals surface area contributed by atoms with Gasteiger partial charge in [-0.1, -0.05) is 45.0 Å². The van der Waals surface area contributed by atoms with Crippen molar-refractivity contribution in [3.63, 3.8) is 0 Å². The van der Waals surface area contributed by atoms with Crippen molar-refractivity contribution in [1.29, 1.82) is 0 Å². The average Bonchev–Trinajstić information content (AvgIpc) is 3.81. The number of hydrogen-bond acceptors (Lipinski definition) is 8. The Bertz CT molecular complexity index is 1930. The second-order valence-corrected chi connectivity index (χ2v) is 12.5. The van der Waals surface area contributed by atoms with Gasteiger partial charge >= 0.3 is 6.09 Å². The third-order valence-corrected chi connectivity index (χ3v) is 8.11. The molecule has 1 fully saturated rings. The molecule has 2 amide bonds. The third-order valence-electron chi connectivity index (χ3n) is 8.11. The summed E-state index contributed by atoms with van der Waals surface area (Å²) in [6.07, 6.45) is 2.62. The van der Waals surface area contributed by atoms with Gasteiger partial charge in [-0.25, -0.2) is 23.8 Å². The number of hydrogen-bond donors (Lipinski definition) is 3. The van der Waals surface area contributed by atoms with Gasteiger partial charge in [-0.15, -0.1) is 0 Å². The summed E-state index contributed by atoms with van der Waals surface area (Å²) < 4.78 is 28.0. The molecule has 47 heavy (non-hydrogen) atoms. The average molecular weight is 642 g/mol. The highest BCUT2D eigenvalue weighted by atomic mass is 19.1. The Hall–Kier alpha value is -5.46. The summed E-state index contributed by atoms with van der Waals surface area (Å²) in [7, 11) is 1.61. The number of aromatic nitrogens is 4. The summed E-state index contributed by atoms with van der Waals surface area (Å²) >= 11 is 0. The number of halogens is 1. The summed E-state index contributed by atoms with van der Waals surface area (Å²) in [5.74, 6) is 0.764. The number of fused-ring (bicyclic) bond motifs is 1. The molecule has 1 aliphatic heterocycles. The van der Waals surface area contributed by atoms with Gasteiger partial charge in [0, 0.05) is 42.9 Å². The van der Waals surface area contributed by atoms with Gasteiger partial charge in [0.05, 0.1) is 19.0 Å². The first kappa shape index (κ1) is 31.5. The Labute approximate surface area is 270 Å². The molecule has 0 unspecified atom stereocenters. The number of amides is 2. The maximum Gasteiger partial charge on any atom is 0.407 e. The minimum Gasteiger partial charge on any atom is -0.497 e. The van der Waals surface area contributed by atoms with Crippen LogP contribution in [0, 0.1) is 5.82 Å². The van der Waals surface area contributed by atoms with Crippen LogP contribution in [0.1, 0.15) is 54.7 Å². The molecule has 0 aliphatic carbocycles. The summed E-state index contributed by atoms with van der Waals surface area (Å²) in [5.41, 5.74) is 2.96. The van der Waals surface area contributed by atoms with Crippen molar-refractivity contribution in [3.8, 4) is 16.9 Å². The number of anilines is 1.